The minimum absolute atomic E-state index is 0.231. The van der Waals surface area contributed by atoms with Gasteiger partial charge in [0.25, 0.3) is 5.91 Å². The summed E-state index contributed by atoms with van der Waals surface area (Å²) in [7, 11) is 0. The van der Waals surface area contributed by atoms with Gasteiger partial charge in [0.05, 0.1) is 5.56 Å². The lowest BCUT2D eigenvalue weighted by atomic mass is 9.99. The van der Waals surface area contributed by atoms with Gasteiger partial charge >= 0.3 is 0 Å². The number of halogens is 1. The summed E-state index contributed by atoms with van der Waals surface area (Å²) in [5, 5.41) is 4.44. The van der Waals surface area contributed by atoms with Gasteiger partial charge in [0.1, 0.15) is 6.04 Å². The van der Waals surface area contributed by atoms with Crippen LogP contribution in [0.2, 0.25) is 5.02 Å². The molecule has 2 N–H and O–H groups in total. The molecule has 1 heterocycles. The van der Waals surface area contributed by atoms with Gasteiger partial charge in [-0.25, -0.2) is 0 Å². The molecule has 0 spiro atoms. The van der Waals surface area contributed by atoms with Crippen molar-refractivity contribution in [3.8, 4) is 0 Å². The molecule has 1 unspecified atom stereocenters. The molecule has 0 radical (unpaired) electrons. The second kappa shape index (κ2) is 9.74. The molecule has 0 aliphatic heterocycles. The number of fused-ring (bicyclic) bond motifs is 1. The molecular formula is C28H28ClN3O2. The summed E-state index contributed by atoms with van der Waals surface area (Å²) in [6.07, 6.45) is 1.71. The number of aromatic nitrogens is 1. The van der Waals surface area contributed by atoms with Crippen molar-refractivity contribution in [2.75, 3.05) is 0 Å². The molecular weight excluding hydrogens is 446 g/mol. The normalized spacial score (nSPS) is 12.4. The Labute approximate surface area is 204 Å². The van der Waals surface area contributed by atoms with Crippen LogP contribution in [0, 0.1) is 0 Å². The number of benzene rings is 3. The van der Waals surface area contributed by atoms with Gasteiger partial charge in [-0.05, 0) is 50.1 Å². The number of aromatic amines is 1. The molecule has 34 heavy (non-hydrogen) atoms. The summed E-state index contributed by atoms with van der Waals surface area (Å²) >= 11 is 6.14. The van der Waals surface area contributed by atoms with E-state index in [0.29, 0.717) is 16.1 Å². The van der Waals surface area contributed by atoms with Crippen molar-refractivity contribution in [1.82, 2.24) is 15.2 Å². The summed E-state index contributed by atoms with van der Waals surface area (Å²) in [5.41, 5.74) is 2.54. The van der Waals surface area contributed by atoms with E-state index >= 15 is 0 Å². The minimum atomic E-state index is -0.849. The van der Waals surface area contributed by atoms with Gasteiger partial charge in [-0.1, -0.05) is 72.3 Å². The molecule has 0 aliphatic rings. The highest BCUT2D eigenvalue weighted by atomic mass is 35.5. The lowest BCUT2D eigenvalue weighted by Crippen LogP contribution is -2.49. The van der Waals surface area contributed by atoms with Crippen molar-refractivity contribution >= 4 is 34.3 Å². The van der Waals surface area contributed by atoms with Gasteiger partial charge in [0.15, 0.2) is 0 Å². The van der Waals surface area contributed by atoms with E-state index in [2.05, 4.69) is 10.3 Å². The predicted molar refractivity (Wildman–Crippen MR) is 137 cm³/mol. The van der Waals surface area contributed by atoms with E-state index in [1.54, 1.807) is 35.4 Å². The van der Waals surface area contributed by atoms with Crippen LogP contribution in [0.5, 0.6) is 0 Å². The monoisotopic (exact) mass is 473 g/mol. The maximum atomic E-state index is 14.1. The fraction of sp³-hybridized carbons (Fsp3) is 0.214. The summed E-state index contributed by atoms with van der Waals surface area (Å²) in [6.45, 7) is 6.04. The highest BCUT2D eigenvalue weighted by molar-refractivity contribution is 6.30. The Morgan fingerprint density at radius 3 is 2.26 bits per heavy atom. The Morgan fingerprint density at radius 2 is 1.59 bits per heavy atom. The molecule has 174 valence electrons. The molecule has 1 atom stereocenters. The molecule has 0 saturated carbocycles. The average molecular weight is 474 g/mol. The Bertz CT molecular complexity index is 1290. The lowest BCUT2D eigenvalue weighted by molar-refractivity contribution is -0.127. The minimum Gasteiger partial charge on any atom is -0.360 e. The number of carbonyl (C=O) groups is 2. The number of nitrogens with zero attached hydrogens (tertiary/aromatic N) is 1. The van der Waals surface area contributed by atoms with Crippen molar-refractivity contribution in [3.05, 3.63) is 107 Å². The lowest BCUT2D eigenvalue weighted by Gasteiger charge is -2.34. The first-order chi connectivity index (χ1) is 16.2. The van der Waals surface area contributed by atoms with E-state index in [1.165, 1.54) is 0 Å². The number of rotatable bonds is 6. The van der Waals surface area contributed by atoms with Gasteiger partial charge < -0.3 is 15.2 Å². The second-order valence-electron chi connectivity index (χ2n) is 9.36. The van der Waals surface area contributed by atoms with Crippen molar-refractivity contribution in [2.45, 2.75) is 38.9 Å². The molecule has 4 aromatic rings. The van der Waals surface area contributed by atoms with Crippen LogP contribution in [-0.4, -0.2) is 27.2 Å². The van der Waals surface area contributed by atoms with Gasteiger partial charge in [0.2, 0.25) is 5.91 Å². The SMILES string of the molecule is CC(C)(C)NC(=O)C(c1ccc(Cl)cc1)N(Cc1ccccc1)C(=O)c1c[nH]c2ccccc12. The Morgan fingerprint density at radius 1 is 0.941 bits per heavy atom. The van der Waals surface area contributed by atoms with E-state index in [4.69, 9.17) is 11.6 Å². The molecule has 0 saturated heterocycles. The van der Waals surface area contributed by atoms with Crippen molar-refractivity contribution in [1.29, 1.82) is 0 Å². The zero-order valence-electron chi connectivity index (χ0n) is 19.5. The van der Waals surface area contributed by atoms with Crippen LogP contribution in [0.15, 0.2) is 85.1 Å². The molecule has 3 aromatic carbocycles. The molecule has 0 fully saturated rings. The predicted octanol–water partition coefficient (Wildman–Crippen LogP) is 6.12. The summed E-state index contributed by atoms with van der Waals surface area (Å²) in [4.78, 5) is 32.6. The van der Waals surface area contributed by atoms with Gasteiger partial charge in [-0.2, -0.15) is 0 Å². The number of hydrogen-bond donors (Lipinski definition) is 2. The van der Waals surface area contributed by atoms with Gasteiger partial charge in [0, 0.05) is 34.2 Å². The number of carbonyl (C=O) groups excluding carboxylic acids is 2. The third-order valence-corrected chi connectivity index (χ3v) is 5.77. The van der Waals surface area contributed by atoms with Crippen LogP contribution in [0.25, 0.3) is 10.9 Å². The van der Waals surface area contributed by atoms with Gasteiger partial charge in [-0.3, -0.25) is 9.59 Å². The van der Waals surface area contributed by atoms with E-state index in [-0.39, 0.29) is 18.4 Å². The largest absolute Gasteiger partial charge is 0.360 e. The Kier molecular flexibility index (Phi) is 6.75. The van der Waals surface area contributed by atoms with Crippen LogP contribution in [0.4, 0.5) is 0 Å². The molecule has 2 amide bonds. The first-order valence-electron chi connectivity index (χ1n) is 11.2. The second-order valence-corrected chi connectivity index (χ2v) is 9.80. The van der Waals surface area contributed by atoms with Crippen LogP contribution in [0.3, 0.4) is 0 Å². The summed E-state index contributed by atoms with van der Waals surface area (Å²) in [5.74, 6) is -0.482. The smallest absolute Gasteiger partial charge is 0.257 e. The Balaban J connectivity index is 1.84. The third-order valence-electron chi connectivity index (χ3n) is 5.52. The highest BCUT2D eigenvalue weighted by Gasteiger charge is 2.34. The van der Waals surface area contributed by atoms with Crippen molar-refractivity contribution < 1.29 is 9.59 Å². The maximum Gasteiger partial charge on any atom is 0.257 e. The van der Waals surface area contributed by atoms with Crippen LogP contribution in [0.1, 0.15) is 48.3 Å². The van der Waals surface area contributed by atoms with Crippen LogP contribution < -0.4 is 5.32 Å². The number of hydrogen-bond acceptors (Lipinski definition) is 2. The first kappa shape index (κ1) is 23.6. The highest BCUT2D eigenvalue weighted by Crippen LogP contribution is 2.29. The molecule has 4 rings (SSSR count). The molecule has 0 bridgehead atoms. The third kappa shape index (κ3) is 5.32. The van der Waals surface area contributed by atoms with Gasteiger partial charge in [-0.15, -0.1) is 0 Å². The van der Waals surface area contributed by atoms with E-state index < -0.39 is 11.6 Å². The number of para-hydroxylation sites is 1. The van der Waals surface area contributed by atoms with Crippen molar-refractivity contribution in [3.63, 3.8) is 0 Å². The van der Waals surface area contributed by atoms with E-state index in [0.717, 1.165) is 16.5 Å². The molecule has 6 heteroatoms. The zero-order chi connectivity index (χ0) is 24.3. The van der Waals surface area contributed by atoms with Crippen molar-refractivity contribution in [2.24, 2.45) is 0 Å². The first-order valence-corrected chi connectivity index (χ1v) is 11.6. The van der Waals surface area contributed by atoms with E-state index in [1.807, 2.05) is 75.4 Å². The van der Waals surface area contributed by atoms with Crippen LogP contribution >= 0.6 is 11.6 Å². The summed E-state index contributed by atoms with van der Waals surface area (Å²) in [6, 6.07) is 23.6. The quantitative estimate of drug-likeness (QED) is 0.354. The topological polar surface area (TPSA) is 65.2 Å². The molecule has 1 aromatic heterocycles. The van der Waals surface area contributed by atoms with Crippen LogP contribution in [-0.2, 0) is 11.3 Å². The number of amides is 2. The maximum absolute atomic E-state index is 14.1. The fourth-order valence-corrected chi connectivity index (χ4v) is 4.15. The Hall–Kier alpha value is -3.57. The molecule has 0 aliphatic carbocycles. The van der Waals surface area contributed by atoms with E-state index in [9.17, 15) is 9.59 Å². The average Bonchev–Trinajstić information content (AvgIpc) is 3.23. The standard InChI is InChI=1S/C28H28ClN3O2/c1-28(2,3)31-26(33)25(20-13-15-21(29)16-14-20)32(18-19-9-5-4-6-10-19)27(34)23-17-30-24-12-8-7-11-22(23)24/h4-17,25,30H,18H2,1-3H3,(H,31,33). The zero-order valence-corrected chi connectivity index (χ0v) is 20.3. The number of nitrogens with one attached hydrogen (secondary N) is 2. The fourth-order valence-electron chi connectivity index (χ4n) is 4.02. The number of H-pyrrole nitrogens is 1. The summed E-state index contributed by atoms with van der Waals surface area (Å²) < 4.78 is 0. The molecule has 5 nitrogen and oxygen atoms in total.